The van der Waals surface area contributed by atoms with Gasteiger partial charge in [-0.1, -0.05) is 11.6 Å². The molecule has 2 rings (SSSR count). The van der Waals surface area contributed by atoms with Gasteiger partial charge in [0.15, 0.2) is 0 Å². The number of hydrogen-bond donors (Lipinski definition) is 2. The Kier molecular flexibility index (Phi) is 4.09. The molecule has 1 amide bonds. The molecule has 1 fully saturated rings. The standard InChI is InChI=1S/C13H18ClN3O/c1-9(17-6-2-3-7-17)13(18)16-12-5-4-10(15)8-11(12)14/h4-5,8-9H,2-3,6-7,15H2,1H3,(H,16,18). The third-order valence-electron chi connectivity index (χ3n) is 3.32. The van der Waals surface area contributed by atoms with Crippen molar-refractivity contribution in [2.75, 3.05) is 24.1 Å². The molecule has 1 unspecified atom stereocenters. The molecule has 1 atom stereocenters. The van der Waals surface area contributed by atoms with Crippen molar-refractivity contribution in [1.29, 1.82) is 0 Å². The van der Waals surface area contributed by atoms with Gasteiger partial charge in [0.1, 0.15) is 0 Å². The molecule has 98 valence electrons. The second-order valence-corrected chi connectivity index (χ2v) is 5.05. The number of amides is 1. The minimum Gasteiger partial charge on any atom is -0.399 e. The molecule has 1 aromatic rings. The van der Waals surface area contributed by atoms with E-state index in [9.17, 15) is 4.79 Å². The van der Waals surface area contributed by atoms with E-state index < -0.39 is 0 Å². The lowest BCUT2D eigenvalue weighted by molar-refractivity contribution is -0.120. The van der Waals surface area contributed by atoms with Crippen molar-refractivity contribution < 1.29 is 4.79 Å². The highest BCUT2D eigenvalue weighted by molar-refractivity contribution is 6.34. The third-order valence-corrected chi connectivity index (χ3v) is 3.63. The lowest BCUT2D eigenvalue weighted by Gasteiger charge is -2.22. The molecule has 3 N–H and O–H groups in total. The van der Waals surface area contributed by atoms with Crippen LogP contribution in [0.2, 0.25) is 5.02 Å². The predicted molar refractivity (Wildman–Crippen MR) is 74.8 cm³/mol. The first-order chi connectivity index (χ1) is 8.58. The second kappa shape index (κ2) is 5.59. The minimum absolute atomic E-state index is 0.0245. The van der Waals surface area contributed by atoms with E-state index in [0.717, 1.165) is 13.1 Å². The molecule has 0 bridgehead atoms. The Morgan fingerprint density at radius 3 is 2.72 bits per heavy atom. The van der Waals surface area contributed by atoms with E-state index in [-0.39, 0.29) is 11.9 Å². The molecule has 0 saturated carbocycles. The highest BCUT2D eigenvalue weighted by Gasteiger charge is 2.24. The number of carbonyl (C=O) groups is 1. The van der Waals surface area contributed by atoms with Crippen molar-refractivity contribution in [3.05, 3.63) is 23.2 Å². The molecule has 1 aromatic carbocycles. The van der Waals surface area contributed by atoms with Gasteiger partial charge in [-0.05, 0) is 51.1 Å². The molecular formula is C13H18ClN3O. The zero-order valence-electron chi connectivity index (χ0n) is 10.4. The number of rotatable bonds is 3. The summed E-state index contributed by atoms with van der Waals surface area (Å²) in [5, 5.41) is 3.32. The Labute approximate surface area is 112 Å². The Morgan fingerprint density at radius 1 is 1.44 bits per heavy atom. The topological polar surface area (TPSA) is 58.4 Å². The molecule has 0 aromatic heterocycles. The highest BCUT2D eigenvalue weighted by Crippen LogP contribution is 2.24. The number of halogens is 1. The van der Waals surface area contributed by atoms with E-state index in [4.69, 9.17) is 17.3 Å². The summed E-state index contributed by atoms with van der Waals surface area (Å²) in [5.41, 5.74) is 6.81. The normalized spacial score (nSPS) is 17.7. The Morgan fingerprint density at radius 2 is 2.11 bits per heavy atom. The molecule has 0 spiro atoms. The average molecular weight is 268 g/mol. The Hall–Kier alpha value is -1.26. The molecule has 0 radical (unpaired) electrons. The van der Waals surface area contributed by atoms with Gasteiger partial charge >= 0.3 is 0 Å². The number of anilines is 2. The number of nitrogens with one attached hydrogen (secondary N) is 1. The van der Waals surface area contributed by atoms with Crippen LogP contribution in [-0.4, -0.2) is 29.9 Å². The first-order valence-electron chi connectivity index (χ1n) is 6.18. The quantitative estimate of drug-likeness (QED) is 0.827. The fourth-order valence-corrected chi connectivity index (χ4v) is 2.40. The fourth-order valence-electron chi connectivity index (χ4n) is 2.16. The molecule has 4 nitrogen and oxygen atoms in total. The number of nitrogen functional groups attached to an aromatic ring is 1. The van der Waals surface area contributed by atoms with Crippen LogP contribution >= 0.6 is 11.6 Å². The van der Waals surface area contributed by atoms with Crippen LogP contribution in [0.5, 0.6) is 0 Å². The summed E-state index contributed by atoms with van der Waals surface area (Å²) in [5.74, 6) is -0.0245. The van der Waals surface area contributed by atoms with Crippen molar-refractivity contribution in [3.8, 4) is 0 Å². The fraction of sp³-hybridized carbons (Fsp3) is 0.462. The Balaban J connectivity index is 2.01. The van der Waals surface area contributed by atoms with Crippen LogP contribution < -0.4 is 11.1 Å². The van der Waals surface area contributed by atoms with E-state index in [1.807, 2.05) is 6.92 Å². The number of carbonyl (C=O) groups excluding carboxylic acids is 1. The molecule has 18 heavy (non-hydrogen) atoms. The van der Waals surface area contributed by atoms with Crippen molar-refractivity contribution in [3.63, 3.8) is 0 Å². The number of nitrogens with zero attached hydrogens (tertiary/aromatic N) is 1. The third kappa shape index (κ3) is 2.94. The lowest BCUT2D eigenvalue weighted by Crippen LogP contribution is -2.40. The smallest absolute Gasteiger partial charge is 0.241 e. The van der Waals surface area contributed by atoms with Crippen LogP contribution in [0.4, 0.5) is 11.4 Å². The maximum atomic E-state index is 12.1. The van der Waals surface area contributed by atoms with Gasteiger partial charge in [0.05, 0.1) is 16.8 Å². The summed E-state index contributed by atoms with van der Waals surface area (Å²) < 4.78 is 0. The van der Waals surface area contributed by atoms with E-state index in [1.54, 1.807) is 18.2 Å². The van der Waals surface area contributed by atoms with Crippen molar-refractivity contribution in [2.45, 2.75) is 25.8 Å². The zero-order valence-corrected chi connectivity index (χ0v) is 11.2. The molecule has 5 heteroatoms. The van der Waals surface area contributed by atoms with Gasteiger partial charge in [0.25, 0.3) is 0 Å². The Bertz CT molecular complexity index is 444. The van der Waals surface area contributed by atoms with Gasteiger partial charge < -0.3 is 11.1 Å². The van der Waals surface area contributed by atoms with Crippen LogP contribution in [0.15, 0.2) is 18.2 Å². The summed E-state index contributed by atoms with van der Waals surface area (Å²) in [6.45, 7) is 3.90. The van der Waals surface area contributed by atoms with E-state index in [0.29, 0.717) is 16.4 Å². The molecular weight excluding hydrogens is 250 g/mol. The zero-order chi connectivity index (χ0) is 13.1. The monoisotopic (exact) mass is 267 g/mol. The van der Waals surface area contributed by atoms with Crippen LogP contribution in [0, 0.1) is 0 Å². The van der Waals surface area contributed by atoms with Gasteiger partial charge in [-0.15, -0.1) is 0 Å². The van der Waals surface area contributed by atoms with E-state index in [2.05, 4.69) is 10.2 Å². The SMILES string of the molecule is CC(C(=O)Nc1ccc(N)cc1Cl)N1CCCC1. The van der Waals surface area contributed by atoms with Crippen molar-refractivity contribution in [2.24, 2.45) is 0 Å². The first-order valence-corrected chi connectivity index (χ1v) is 6.55. The van der Waals surface area contributed by atoms with Gasteiger partial charge in [0.2, 0.25) is 5.91 Å². The summed E-state index contributed by atoms with van der Waals surface area (Å²) in [7, 11) is 0. The molecule has 1 aliphatic rings. The van der Waals surface area contributed by atoms with Crippen LogP contribution in [0.25, 0.3) is 0 Å². The van der Waals surface area contributed by atoms with Crippen molar-refractivity contribution in [1.82, 2.24) is 4.90 Å². The number of likely N-dealkylation sites (tertiary alicyclic amines) is 1. The highest BCUT2D eigenvalue weighted by atomic mass is 35.5. The van der Waals surface area contributed by atoms with E-state index >= 15 is 0 Å². The number of nitrogens with two attached hydrogens (primary N) is 1. The average Bonchev–Trinajstić information content (AvgIpc) is 2.85. The van der Waals surface area contributed by atoms with Gasteiger partial charge in [-0.3, -0.25) is 9.69 Å². The van der Waals surface area contributed by atoms with Gasteiger partial charge in [-0.2, -0.15) is 0 Å². The maximum absolute atomic E-state index is 12.1. The minimum atomic E-state index is -0.124. The van der Waals surface area contributed by atoms with Crippen LogP contribution in [-0.2, 0) is 4.79 Å². The summed E-state index contributed by atoms with van der Waals surface area (Å²) >= 11 is 6.03. The summed E-state index contributed by atoms with van der Waals surface area (Å²) in [6.07, 6.45) is 2.33. The largest absolute Gasteiger partial charge is 0.399 e. The lowest BCUT2D eigenvalue weighted by atomic mass is 10.2. The van der Waals surface area contributed by atoms with Gasteiger partial charge in [0, 0.05) is 5.69 Å². The van der Waals surface area contributed by atoms with Crippen LogP contribution in [0.1, 0.15) is 19.8 Å². The van der Waals surface area contributed by atoms with Crippen molar-refractivity contribution >= 4 is 28.9 Å². The first kappa shape index (κ1) is 13.2. The molecule has 0 aliphatic carbocycles. The molecule has 1 heterocycles. The molecule has 1 saturated heterocycles. The number of benzene rings is 1. The molecule has 1 aliphatic heterocycles. The number of hydrogen-bond acceptors (Lipinski definition) is 3. The predicted octanol–water partition coefficient (Wildman–Crippen LogP) is 2.35. The second-order valence-electron chi connectivity index (χ2n) is 4.65. The summed E-state index contributed by atoms with van der Waals surface area (Å²) in [6, 6.07) is 4.97. The maximum Gasteiger partial charge on any atom is 0.241 e. The van der Waals surface area contributed by atoms with Crippen LogP contribution in [0.3, 0.4) is 0 Å². The van der Waals surface area contributed by atoms with E-state index in [1.165, 1.54) is 12.8 Å². The van der Waals surface area contributed by atoms with Gasteiger partial charge in [-0.25, -0.2) is 0 Å². The summed E-state index contributed by atoms with van der Waals surface area (Å²) in [4.78, 5) is 14.3.